The quantitative estimate of drug-likeness (QED) is 0.0272. The lowest BCUT2D eigenvalue weighted by atomic mass is 10.0. The number of allylic oxidation sites excluding steroid dienone is 11. The van der Waals surface area contributed by atoms with Gasteiger partial charge in [0.25, 0.3) is 7.82 Å². The van der Waals surface area contributed by atoms with E-state index in [1.165, 1.54) is 167 Å². The summed E-state index contributed by atoms with van der Waals surface area (Å²) in [6.45, 7) is 4.55. The van der Waals surface area contributed by atoms with Gasteiger partial charge in [-0.1, -0.05) is 260 Å². The molecule has 0 spiro atoms. The minimum atomic E-state index is -4.60. The van der Waals surface area contributed by atoms with Gasteiger partial charge in [0.05, 0.1) is 39.9 Å². The van der Waals surface area contributed by atoms with Gasteiger partial charge in [-0.25, -0.2) is 0 Å². The highest BCUT2D eigenvalue weighted by atomic mass is 31.2. The molecule has 9 heteroatoms. The molecule has 8 nitrogen and oxygen atoms in total. The molecule has 0 heterocycles. The first-order valence-corrected chi connectivity index (χ1v) is 30.8. The molecule has 0 saturated heterocycles. The number of hydrogen-bond donors (Lipinski definition) is 2. The average Bonchev–Trinajstić information content (AvgIpc) is 3.32. The lowest BCUT2D eigenvalue weighted by molar-refractivity contribution is -0.870. The molecule has 3 atom stereocenters. The number of phosphoric ester groups is 1. The number of rotatable bonds is 53. The molecule has 0 radical (unpaired) electrons. The lowest BCUT2D eigenvalue weighted by Gasteiger charge is -2.29. The van der Waals surface area contributed by atoms with Crippen LogP contribution in [0.5, 0.6) is 0 Å². The van der Waals surface area contributed by atoms with Gasteiger partial charge in [-0.3, -0.25) is 9.36 Å². The number of unbranched alkanes of at least 4 members (excludes halogenated alkanes) is 30. The topological polar surface area (TPSA) is 108 Å². The Morgan fingerprint density at radius 2 is 0.871 bits per heavy atom. The molecule has 0 rings (SSSR count). The maximum absolute atomic E-state index is 13.0. The second-order valence-electron chi connectivity index (χ2n) is 21.0. The zero-order chi connectivity index (χ0) is 51.3. The first-order chi connectivity index (χ1) is 34.0. The van der Waals surface area contributed by atoms with Crippen molar-refractivity contribution in [1.82, 2.24) is 5.32 Å². The SMILES string of the molecule is CC/C=C\C/C=C\C/C=C\C/C=C\C/C=C\CCCCCCCCCCCCCCCC(=O)NC(COP(=O)([O-])OCC[N+](C)(C)C)C(O)/C=C/CCCCCCCCCCCCCCCCCCC. The van der Waals surface area contributed by atoms with Gasteiger partial charge in [0, 0.05) is 6.42 Å². The third kappa shape index (κ3) is 53.7. The summed E-state index contributed by atoms with van der Waals surface area (Å²) >= 11 is 0. The Labute approximate surface area is 434 Å². The summed E-state index contributed by atoms with van der Waals surface area (Å²) in [6, 6.07) is -0.891. The van der Waals surface area contributed by atoms with Crippen LogP contribution in [-0.2, 0) is 18.4 Å². The third-order valence-electron chi connectivity index (χ3n) is 12.9. The molecule has 408 valence electrons. The number of amides is 1. The molecule has 70 heavy (non-hydrogen) atoms. The molecular formula is C61H113N2O6P. The Bertz CT molecular complexity index is 1370. The van der Waals surface area contributed by atoms with Gasteiger partial charge in [0.15, 0.2) is 0 Å². The maximum Gasteiger partial charge on any atom is 0.268 e. The van der Waals surface area contributed by atoms with Crippen molar-refractivity contribution in [1.29, 1.82) is 0 Å². The lowest BCUT2D eigenvalue weighted by Crippen LogP contribution is -2.45. The van der Waals surface area contributed by atoms with Gasteiger partial charge in [-0.15, -0.1) is 0 Å². The number of aliphatic hydroxyl groups excluding tert-OH is 1. The number of carbonyl (C=O) groups is 1. The van der Waals surface area contributed by atoms with Crippen molar-refractivity contribution in [2.45, 2.75) is 270 Å². The summed E-state index contributed by atoms with van der Waals surface area (Å²) in [7, 11) is 1.26. The van der Waals surface area contributed by atoms with Crippen molar-refractivity contribution >= 4 is 13.7 Å². The van der Waals surface area contributed by atoms with E-state index in [1.54, 1.807) is 6.08 Å². The molecule has 0 aliphatic rings. The number of carbonyl (C=O) groups excluding carboxylic acids is 1. The summed E-state index contributed by atoms with van der Waals surface area (Å²) in [5.74, 6) is -0.199. The summed E-state index contributed by atoms with van der Waals surface area (Å²) < 4.78 is 23.4. The maximum atomic E-state index is 13.0. The van der Waals surface area contributed by atoms with Crippen LogP contribution in [-0.4, -0.2) is 68.5 Å². The molecule has 0 fully saturated rings. The number of nitrogens with zero attached hydrogens (tertiary/aromatic N) is 1. The first kappa shape index (κ1) is 67.9. The largest absolute Gasteiger partial charge is 0.756 e. The van der Waals surface area contributed by atoms with E-state index in [2.05, 4.69) is 79.9 Å². The van der Waals surface area contributed by atoms with Crippen LogP contribution in [0.2, 0.25) is 0 Å². The van der Waals surface area contributed by atoms with Gasteiger partial charge in [0.1, 0.15) is 13.2 Å². The van der Waals surface area contributed by atoms with Crippen molar-refractivity contribution in [2.24, 2.45) is 0 Å². The second-order valence-corrected chi connectivity index (χ2v) is 22.4. The molecule has 0 saturated carbocycles. The van der Waals surface area contributed by atoms with Gasteiger partial charge in [-0.05, 0) is 64.2 Å². The summed E-state index contributed by atoms with van der Waals surface area (Å²) in [4.78, 5) is 25.5. The van der Waals surface area contributed by atoms with E-state index < -0.39 is 20.0 Å². The Morgan fingerprint density at radius 1 is 0.514 bits per heavy atom. The predicted octanol–water partition coefficient (Wildman–Crippen LogP) is 17.2. The van der Waals surface area contributed by atoms with E-state index in [-0.39, 0.29) is 19.1 Å². The molecule has 1 amide bonds. The predicted molar refractivity (Wildman–Crippen MR) is 302 cm³/mol. The molecule has 0 bridgehead atoms. The number of quaternary nitrogens is 1. The van der Waals surface area contributed by atoms with Gasteiger partial charge in [0.2, 0.25) is 5.91 Å². The number of nitrogens with one attached hydrogen (secondary N) is 1. The fourth-order valence-electron chi connectivity index (χ4n) is 8.36. The molecule has 0 aliphatic carbocycles. The smallest absolute Gasteiger partial charge is 0.268 e. The van der Waals surface area contributed by atoms with E-state index in [4.69, 9.17) is 9.05 Å². The molecule has 3 unspecified atom stereocenters. The number of likely N-dealkylation sites (N-methyl/N-ethyl adjacent to an activating group) is 1. The van der Waals surface area contributed by atoms with E-state index in [0.717, 1.165) is 70.6 Å². The van der Waals surface area contributed by atoms with Crippen LogP contribution < -0.4 is 10.2 Å². The Morgan fingerprint density at radius 3 is 1.27 bits per heavy atom. The summed E-state index contributed by atoms with van der Waals surface area (Å²) in [5, 5.41) is 13.9. The van der Waals surface area contributed by atoms with Crippen LogP contribution in [0.15, 0.2) is 72.9 Å². The molecular weight excluding hydrogens is 888 g/mol. The second kappa shape index (κ2) is 51.8. The fraction of sp³-hybridized carbons (Fsp3) is 0.787. The highest BCUT2D eigenvalue weighted by Gasteiger charge is 2.23. The third-order valence-corrected chi connectivity index (χ3v) is 13.9. The van der Waals surface area contributed by atoms with E-state index in [9.17, 15) is 19.4 Å². The highest BCUT2D eigenvalue weighted by Crippen LogP contribution is 2.38. The Balaban J connectivity index is 4.18. The molecule has 0 aliphatic heterocycles. The van der Waals surface area contributed by atoms with Crippen LogP contribution in [0.1, 0.15) is 258 Å². The van der Waals surface area contributed by atoms with Gasteiger partial charge in [-0.2, -0.15) is 0 Å². The fourth-order valence-corrected chi connectivity index (χ4v) is 9.08. The minimum absolute atomic E-state index is 0.00295. The minimum Gasteiger partial charge on any atom is -0.756 e. The van der Waals surface area contributed by atoms with Crippen LogP contribution >= 0.6 is 7.82 Å². The molecule has 0 aromatic carbocycles. The van der Waals surface area contributed by atoms with Crippen molar-refractivity contribution in [3.05, 3.63) is 72.9 Å². The van der Waals surface area contributed by atoms with Crippen molar-refractivity contribution < 1.29 is 32.9 Å². The number of hydrogen-bond acceptors (Lipinski definition) is 6. The van der Waals surface area contributed by atoms with Crippen LogP contribution in [0.4, 0.5) is 0 Å². The van der Waals surface area contributed by atoms with Crippen LogP contribution in [0.25, 0.3) is 0 Å². The Hall–Kier alpha value is -2.06. The van der Waals surface area contributed by atoms with Crippen molar-refractivity contribution in [3.8, 4) is 0 Å². The normalized spacial score (nSPS) is 14.4. The summed E-state index contributed by atoms with van der Waals surface area (Å²) in [5.41, 5.74) is 0. The van der Waals surface area contributed by atoms with Crippen molar-refractivity contribution in [3.63, 3.8) is 0 Å². The van der Waals surface area contributed by atoms with E-state index in [1.807, 2.05) is 27.2 Å². The average molecular weight is 1000 g/mol. The van der Waals surface area contributed by atoms with Gasteiger partial charge >= 0.3 is 0 Å². The van der Waals surface area contributed by atoms with Crippen LogP contribution in [0.3, 0.4) is 0 Å². The molecule has 0 aromatic rings. The standard InChI is InChI=1S/C61H113N2O6P/c1-6-8-10-12-14-16-18-20-22-24-26-27-28-29-30-31-32-33-34-35-37-39-41-43-45-47-49-51-53-55-61(65)62-59(58-69-70(66,67)68-57-56-63(3,4)5)60(64)54-52-50-48-46-44-42-40-38-36-25-23-21-19-17-15-13-11-9-7-2/h8,10,14,16,20,22,26-27,29-30,52,54,59-60,64H,6-7,9,11-13,15,17-19,21,23-25,28,31-51,53,55-58H2,1-5H3,(H-,62,65,66,67)/b10-8-,16-14-,22-20-,27-26-,30-29-,54-52+. The van der Waals surface area contributed by atoms with Gasteiger partial charge < -0.3 is 28.8 Å². The zero-order valence-electron chi connectivity index (χ0n) is 46.5. The monoisotopic (exact) mass is 1000 g/mol. The van der Waals surface area contributed by atoms with Crippen LogP contribution in [0, 0.1) is 0 Å². The van der Waals surface area contributed by atoms with E-state index in [0.29, 0.717) is 17.4 Å². The summed E-state index contributed by atoms with van der Waals surface area (Å²) in [6.07, 6.45) is 71.1. The first-order valence-electron chi connectivity index (χ1n) is 29.3. The Kier molecular flexibility index (Phi) is 50.3. The van der Waals surface area contributed by atoms with Crippen molar-refractivity contribution in [2.75, 3.05) is 40.9 Å². The highest BCUT2D eigenvalue weighted by molar-refractivity contribution is 7.45. The zero-order valence-corrected chi connectivity index (χ0v) is 47.4. The number of phosphoric acid groups is 1. The van der Waals surface area contributed by atoms with E-state index >= 15 is 0 Å². The molecule has 0 aromatic heterocycles. The number of aliphatic hydroxyl groups is 1. The molecule has 2 N–H and O–H groups in total.